The van der Waals surface area contributed by atoms with Gasteiger partial charge in [-0.05, 0) is 59.5 Å². The summed E-state index contributed by atoms with van der Waals surface area (Å²) in [5, 5.41) is 4.94. The van der Waals surface area contributed by atoms with Crippen LogP contribution in [0.5, 0.6) is 0 Å². The van der Waals surface area contributed by atoms with Gasteiger partial charge < -0.3 is 11.1 Å². The quantitative estimate of drug-likeness (QED) is 0.791. The minimum Gasteiger partial charge on any atom is -0.399 e. The van der Waals surface area contributed by atoms with E-state index in [-0.39, 0.29) is 11.9 Å². The molecule has 0 radical (unpaired) electrons. The molecule has 1 aromatic heterocycles. The molecule has 2 rings (SSSR count). The topological polar surface area (TPSA) is 58.4 Å². The number of amides is 1. The highest BCUT2D eigenvalue weighted by Gasteiger charge is 2.16. The van der Waals surface area contributed by atoms with Crippen LogP contribution < -0.4 is 11.1 Å². The maximum atomic E-state index is 12.1. The molecule has 1 heterocycles. The lowest BCUT2D eigenvalue weighted by molar-refractivity contribution is -0.117. The number of benzene rings is 1. The maximum absolute atomic E-state index is 12.1. The average molecular weight is 368 g/mol. The second-order valence-electron chi connectivity index (χ2n) is 4.89. The number of likely N-dealkylation sites (N-methyl/N-ethyl adjacent to an activating group) is 1. The molecular weight excluding hydrogens is 350 g/mol. The first-order chi connectivity index (χ1) is 9.97. The third-order valence-corrected chi connectivity index (χ3v) is 4.98. The van der Waals surface area contributed by atoms with Gasteiger partial charge in [-0.2, -0.15) is 0 Å². The van der Waals surface area contributed by atoms with E-state index in [1.165, 1.54) is 4.88 Å². The highest BCUT2D eigenvalue weighted by Crippen LogP contribution is 2.25. The fourth-order valence-corrected chi connectivity index (χ4v) is 3.28. The van der Waals surface area contributed by atoms with Crippen molar-refractivity contribution in [3.63, 3.8) is 0 Å². The van der Waals surface area contributed by atoms with Gasteiger partial charge in [0.15, 0.2) is 0 Å². The summed E-state index contributed by atoms with van der Waals surface area (Å²) < 4.78 is 0.782. The molecular formula is C15H18BrN3OS. The third kappa shape index (κ3) is 4.30. The molecule has 2 aromatic rings. The SMILES string of the molecule is CC(c1cccs1)N(C)CC(=O)Nc1ccc(N)cc1Br. The molecule has 0 fully saturated rings. The molecule has 1 amide bonds. The van der Waals surface area contributed by atoms with Crippen molar-refractivity contribution in [2.75, 3.05) is 24.6 Å². The highest BCUT2D eigenvalue weighted by molar-refractivity contribution is 9.10. The number of carbonyl (C=O) groups is 1. The minimum absolute atomic E-state index is 0.0497. The van der Waals surface area contributed by atoms with Crippen LogP contribution in [0.1, 0.15) is 17.8 Å². The van der Waals surface area contributed by atoms with Crippen molar-refractivity contribution in [1.82, 2.24) is 4.90 Å². The summed E-state index contributed by atoms with van der Waals surface area (Å²) >= 11 is 5.10. The summed E-state index contributed by atoms with van der Waals surface area (Å²) in [6.45, 7) is 2.42. The number of hydrogen-bond donors (Lipinski definition) is 2. The van der Waals surface area contributed by atoms with Gasteiger partial charge in [-0.25, -0.2) is 0 Å². The Morgan fingerprint density at radius 2 is 2.24 bits per heavy atom. The van der Waals surface area contributed by atoms with Gasteiger partial charge in [-0.15, -0.1) is 11.3 Å². The highest BCUT2D eigenvalue weighted by atomic mass is 79.9. The monoisotopic (exact) mass is 367 g/mol. The van der Waals surface area contributed by atoms with Gasteiger partial charge in [-0.3, -0.25) is 9.69 Å². The van der Waals surface area contributed by atoms with E-state index in [1.54, 1.807) is 29.5 Å². The molecule has 1 atom stereocenters. The molecule has 3 N–H and O–H groups in total. The molecule has 4 nitrogen and oxygen atoms in total. The number of thiophene rings is 1. The summed E-state index contributed by atoms with van der Waals surface area (Å²) in [6.07, 6.45) is 0. The summed E-state index contributed by atoms with van der Waals surface area (Å²) in [7, 11) is 1.95. The number of anilines is 2. The van der Waals surface area contributed by atoms with Crippen LogP contribution in [0.15, 0.2) is 40.2 Å². The maximum Gasteiger partial charge on any atom is 0.238 e. The van der Waals surface area contributed by atoms with Gasteiger partial charge in [0.05, 0.1) is 12.2 Å². The van der Waals surface area contributed by atoms with E-state index in [9.17, 15) is 4.79 Å². The molecule has 0 bridgehead atoms. The van der Waals surface area contributed by atoms with Crippen molar-refractivity contribution < 1.29 is 4.79 Å². The molecule has 21 heavy (non-hydrogen) atoms. The Labute approximate surface area is 137 Å². The lowest BCUT2D eigenvalue weighted by Gasteiger charge is -2.23. The van der Waals surface area contributed by atoms with Crippen molar-refractivity contribution >= 4 is 44.5 Å². The molecule has 0 aliphatic heterocycles. The van der Waals surface area contributed by atoms with Crippen LogP contribution in [-0.2, 0) is 4.79 Å². The molecule has 0 aliphatic carbocycles. The average Bonchev–Trinajstić information content (AvgIpc) is 2.95. The lowest BCUT2D eigenvalue weighted by Crippen LogP contribution is -2.32. The first-order valence-corrected chi connectivity index (χ1v) is 8.23. The zero-order chi connectivity index (χ0) is 15.4. The van der Waals surface area contributed by atoms with E-state index < -0.39 is 0 Å². The smallest absolute Gasteiger partial charge is 0.238 e. The number of nitrogen functional groups attached to an aromatic ring is 1. The number of carbonyl (C=O) groups excluding carboxylic acids is 1. The van der Waals surface area contributed by atoms with Crippen LogP contribution in [0.3, 0.4) is 0 Å². The van der Waals surface area contributed by atoms with E-state index in [0.717, 1.165) is 10.2 Å². The number of nitrogens with two attached hydrogens (primary N) is 1. The van der Waals surface area contributed by atoms with Gasteiger partial charge in [0.1, 0.15) is 0 Å². The van der Waals surface area contributed by atoms with Crippen LogP contribution in [0.25, 0.3) is 0 Å². The number of rotatable bonds is 5. The Morgan fingerprint density at radius 1 is 1.48 bits per heavy atom. The van der Waals surface area contributed by atoms with Gasteiger partial charge in [0.2, 0.25) is 5.91 Å². The fraction of sp³-hybridized carbons (Fsp3) is 0.267. The van der Waals surface area contributed by atoms with E-state index in [0.29, 0.717) is 12.2 Å². The van der Waals surface area contributed by atoms with Crippen LogP contribution in [0, 0.1) is 0 Å². The predicted molar refractivity (Wildman–Crippen MR) is 92.5 cm³/mol. The Kier molecular flexibility index (Phi) is 5.39. The Morgan fingerprint density at radius 3 is 2.86 bits per heavy atom. The minimum atomic E-state index is -0.0497. The Balaban J connectivity index is 1.95. The summed E-state index contributed by atoms with van der Waals surface area (Å²) in [6, 6.07) is 9.65. The first kappa shape index (κ1) is 16.0. The van der Waals surface area contributed by atoms with E-state index in [2.05, 4.69) is 34.2 Å². The largest absolute Gasteiger partial charge is 0.399 e. The van der Waals surface area contributed by atoms with E-state index in [1.807, 2.05) is 23.4 Å². The number of nitrogens with one attached hydrogen (secondary N) is 1. The molecule has 0 aliphatic rings. The van der Waals surface area contributed by atoms with Crippen LogP contribution in [0.2, 0.25) is 0 Å². The number of nitrogens with zero attached hydrogens (tertiary/aromatic N) is 1. The molecule has 112 valence electrons. The summed E-state index contributed by atoms with van der Waals surface area (Å²) in [5.41, 5.74) is 7.07. The molecule has 0 saturated heterocycles. The van der Waals surface area contributed by atoms with Crippen molar-refractivity contribution in [2.45, 2.75) is 13.0 Å². The zero-order valence-corrected chi connectivity index (χ0v) is 14.4. The van der Waals surface area contributed by atoms with Crippen molar-refractivity contribution in [2.24, 2.45) is 0 Å². The standard InChI is InChI=1S/C15H18BrN3OS/c1-10(14-4-3-7-21-14)19(2)9-15(20)18-13-6-5-11(17)8-12(13)16/h3-8,10H,9,17H2,1-2H3,(H,18,20). The van der Waals surface area contributed by atoms with E-state index in [4.69, 9.17) is 5.73 Å². The third-order valence-electron chi connectivity index (χ3n) is 3.28. The fourth-order valence-electron chi connectivity index (χ4n) is 1.93. The van der Waals surface area contributed by atoms with Gasteiger partial charge in [0, 0.05) is 21.1 Å². The molecule has 0 spiro atoms. The number of hydrogen-bond acceptors (Lipinski definition) is 4. The molecule has 1 unspecified atom stereocenters. The van der Waals surface area contributed by atoms with Gasteiger partial charge >= 0.3 is 0 Å². The van der Waals surface area contributed by atoms with Crippen molar-refractivity contribution in [3.05, 3.63) is 45.1 Å². The number of halogens is 1. The second-order valence-corrected chi connectivity index (χ2v) is 6.73. The van der Waals surface area contributed by atoms with Crippen molar-refractivity contribution in [1.29, 1.82) is 0 Å². The van der Waals surface area contributed by atoms with Crippen molar-refractivity contribution in [3.8, 4) is 0 Å². The Bertz CT molecular complexity index is 615. The normalized spacial score (nSPS) is 12.4. The molecule has 6 heteroatoms. The summed E-state index contributed by atoms with van der Waals surface area (Å²) in [4.78, 5) is 15.4. The lowest BCUT2D eigenvalue weighted by atomic mass is 10.2. The molecule has 1 aromatic carbocycles. The van der Waals surface area contributed by atoms with Gasteiger partial charge in [-0.1, -0.05) is 6.07 Å². The predicted octanol–water partition coefficient (Wildman–Crippen LogP) is 3.72. The second kappa shape index (κ2) is 7.06. The zero-order valence-electron chi connectivity index (χ0n) is 12.0. The molecule has 0 saturated carbocycles. The summed E-state index contributed by atoms with van der Waals surface area (Å²) in [5.74, 6) is -0.0497. The van der Waals surface area contributed by atoms with Crippen LogP contribution in [-0.4, -0.2) is 24.4 Å². The van der Waals surface area contributed by atoms with Crippen LogP contribution >= 0.6 is 27.3 Å². The van der Waals surface area contributed by atoms with Gasteiger partial charge in [0.25, 0.3) is 0 Å². The first-order valence-electron chi connectivity index (χ1n) is 6.56. The van der Waals surface area contributed by atoms with E-state index >= 15 is 0 Å². The Hall–Kier alpha value is -1.37. The van der Waals surface area contributed by atoms with Crippen LogP contribution in [0.4, 0.5) is 11.4 Å².